The average Bonchev–Trinajstić information content (AvgIpc) is 2.59. The van der Waals surface area contributed by atoms with Crippen LogP contribution in [0.1, 0.15) is 21.5 Å². The summed E-state index contributed by atoms with van der Waals surface area (Å²) in [5.74, 6) is 1.20. The normalized spacial score (nSPS) is 13.4. The van der Waals surface area contributed by atoms with Gasteiger partial charge in [0.15, 0.2) is 11.5 Å². The Hall–Kier alpha value is -2.76. The van der Waals surface area contributed by atoms with E-state index in [0.29, 0.717) is 30.2 Å². The van der Waals surface area contributed by atoms with Crippen LogP contribution in [0.4, 0.5) is 0 Å². The monoisotopic (exact) mass is 314 g/mol. The Bertz CT molecular complexity index is 797. The van der Waals surface area contributed by atoms with E-state index in [2.05, 4.69) is 4.98 Å². The number of amides is 1. The maximum atomic E-state index is 12.6. The van der Waals surface area contributed by atoms with E-state index >= 15 is 0 Å². The molecule has 2 heterocycles. The van der Waals surface area contributed by atoms with Crippen molar-refractivity contribution in [1.82, 2.24) is 9.88 Å². The van der Waals surface area contributed by atoms with Crippen LogP contribution in [0, 0.1) is 0 Å². The predicted octanol–water partition coefficient (Wildman–Crippen LogP) is 1.59. The fourth-order valence-electron chi connectivity index (χ4n) is 2.82. The maximum Gasteiger partial charge on any atom is 0.254 e. The fraction of sp³-hybridized carbons (Fsp3) is 0.294. The number of H-pyrrole nitrogens is 1. The van der Waals surface area contributed by atoms with Gasteiger partial charge in [-0.25, -0.2) is 0 Å². The first-order valence-electron chi connectivity index (χ1n) is 7.34. The number of carbonyl (C=O) groups excluding carboxylic acids is 1. The molecule has 23 heavy (non-hydrogen) atoms. The molecule has 0 radical (unpaired) electrons. The van der Waals surface area contributed by atoms with Crippen molar-refractivity contribution in [1.29, 1.82) is 0 Å². The molecule has 0 atom stereocenters. The second kappa shape index (κ2) is 6.16. The van der Waals surface area contributed by atoms with Crippen LogP contribution in [0.2, 0.25) is 0 Å². The Morgan fingerprint density at radius 1 is 1.13 bits per heavy atom. The van der Waals surface area contributed by atoms with E-state index in [9.17, 15) is 9.59 Å². The topological polar surface area (TPSA) is 71.6 Å². The zero-order valence-corrected chi connectivity index (χ0v) is 13.1. The Kier molecular flexibility index (Phi) is 4.06. The summed E-state index contributed by atoms with van der Waals surface area (Å²) in [6.45, 7) is 1.09. The molecule has 0 spiro atoms. The number of nitrogens with one attached hydrogen (secondary N) is 1. The highest BCUT2D eigenvalue weighted by Gasteiger charge is 2.23. The van der Waals surface area contributed by atoms with Gasteiger partial charge < -0.3 is 19.4 Å². The first kappa shape index (κ1) is 15.1. The quantitative estimate of drug-likeness (QED) is 0.934. The molecule has 0 unspecified atom stereocenters. The van der Waals surface area contributed by atoms with Crippen molar-refractivity contribution < 1.29 is 14.3 Å². The van der Waals surface area contributed by atoms with Gasteiger partial charge in [-0.05, 0) is 35.7 Å². The number of pyridine rings is 1. The molecule has 6 heteroatoms. The first-order chi connectivity index (χ1) is 11.1. The highest BCUT2D eigenvalue weighted by Crippen LogP contribution is 2.33. The minimum absolute atomic E-state index is 0.142. The Labute approximate surface area is 133 Å². The Morgan fingerprint density at radius 2 is 1.83 bits per heavy atom. The lowest BCUT2D eigenvalue weighted by molar-refractivity contribution is 0.0734. The molecule has 0 saturated carbocycles. The third-order valence-electron chi connectivity index (χ3n) is 4.03. The van der Waals surface area contributed by atoms with Gasteiger partial charge in [-0.3, -0.25) is 9.59 Å². The summed E-state index contributed by atoms with van der Waals surface area (Å²) in [5, 5.41) is 0. The van der Waals surface area contributed by atoms with Gasteiger partial charge in [0.25, 0.3) is 5.91 Å². The lowest BCUT2D eigenvalue weighted by Crippen LogP contribution is -2.36. The highest BCUT2D eigenvalue weighted by atomic mass is 16.5. The number of carbonyl (C=O) groups is 1. The average molecular weight is 314 g/mol. The molecule has 0 saturated heterocycles. The minimum Gasteiger partial charge on any atom is -0.493 e. The van der Waals surface area contributed by atoms with Crippen molar-refractivity contribution in [3.8, 4) is 11.5 Å². The van der Waals surface area contributed by atoms with Gasteiger partial charge in [0.1, 0.15) is 0 Å². The van der Waals surface area contributed by atoms with Crippen LogP contribution in [0.25, 0.3) is 0 Å². The maximum absolute atomic E-state index is 12.6. The van der Waals surface area contributed by atoms with E-state index in [1.807, 2.05) is 12.1 Å². The van der Waals surface area contributed by atoms with Crippen molar-refractivity contribution in [3.63, 3.8) is 0 Å². The number of methoxy groups -OCH3 is 2. The minimum atomic E-state index is -0.278. The lowest BCUT2D eigenvalue weighted by atomic mass is 9.98. The molecule has 1 aliphatic rings. The SMILES string of the molecule is COc1cc2c(cc1OC)CN(C(=O)c1cc[nH]c(=O)c1)CC2. The molecule has 0 fully saturated rings. The van der Waals surface area contributed by atoms with Crippen LogP contribution in [-0.2, 0) is 13.0 Å². The molecule has 0 aliphatic carbocycles. The molecule has 1 aromatic heterocycles. The van der Waals surface area contributed by atoms with E-state index in [-0.39, 0.29) is 11.5 Å². The van der Waals surface area contributed by atoms with Gasteiger partial charge in [0.2, 0.25) is 5.56 Å². The van der Waals surface area contributed by atoms with Crippen LogP contribution >= 0.6 is 0 Å². The number of hydrogen-bond donors (Lipinski definition) is 1. The van der Waals surface area contributed by atoms with Crippen LogP contribution in [0.5, 0.6) is 11.5 Å². The standard InChI is InChI=1S/C17H18N2O4/c1-22-14-7-11-4-6-19(10-13(11)8-15(14)23-2)17(21)12-3-5-18-16(20)9-12/h3,5,7-9H,4,6,10H2,1-2H3,(H,18,20). The van der Waals surface area contributed by atoms with Gasteiger partial charge in [0, 0.05) is 30.9 Å². The van der Waals surface area contributed by atoms with Crippen LogP contribution in [-0.4, -0.2) is 36.6 Å². The lowest BCUT2D eigenvalue weighted by Gasteiger charge is -2.29. The van der Waals surface area contributed by atoms with Crippen molar-refractivity contribution in [3.05, 3.63) is 57.5 Å². The zero-order chi connectivity index (χ0) is 16.4. The number of fused-ring (bicyclic) bond motifs is 1. The summed E-state index contributed by atoms with van der Waals surface area (Å²) >= 11 is 0. The van der Waals surface area contributed by atoms with Crippen LogP contribution in [0.15, 0.2) is 35.3 Å². The number of aromatic amines is 1. The summed E-state index contributed by atoms with van der Waals surface area (Å²) in [6.07, 6.45) is 2.23. The largest absolute Gasteiger partial charge is 0.493 e. The highest BCUT2D eigenvalue weighted by molar-refractivity contribution is 5.94. The van der Waals surface area contributed by atoms with E-state index < -0.39 is 0 Å². The van der Waals surface area contributed by atoms with Gasteiger partial charge in [-0.2, -0.15) is 0 Å². The van der Waals surface area contributed by atoms with Crippen molar-refractivity contribution in [2.24, 2.45) is 0 Å². The third kappa shape index (κ3) is 2.92. The molecule has 6 nitrogen and oxygen atoms in total. The summed E-state index contributed by atoms with van der Waals surface area (Å²) in [6, 6.07) is 6.81. The van der Waals surface area contributed by atoms with E-state index in [4.69, 9.17) is 9.47 Å². The summed E-state index contributed by atoms with van der Waals surface area (Å²) in [4.78, 5) is 28.2. The molecule has 1 amide bonds. The second-order valence-electron chi connectivity index (χ2n) is 5.39. The number of benzene rings is 1. The zero-order valence-electron chi connectivity index (χ0n) is 13.1. The predicted molar refractivity (Wildman–Crippen MR) is 85.1 cm³/mol. The van der Waals surface area contributed by atoms with Crippen molar-refractivity contribution in [2.45, 2.75) is 13.0 Å². The Balaban J connectivity index is 1.87. The molecule has 0 bridgehead atoms. The van der Waals surface area contributed by atoms with Gasteiger partial charge in [-0.1, -0.05) is 0 Å². The van der Waals surface area contributed by atoms with E-state index in [1.165, 1.54) is 12.3 Å². The van der Waals surface area contributed by atoms with Gasteiger partial charge >= 0.3 is 0 Å². The summed E-state index contributed by atoms with van der Waals surface area (Å²) in [7, 11) is 3.20. The van der Waals surface area contributed by atoms with Crippen molar-refractivity contribution in [2.75, 3.05) is 20.8 Å². The number of rotatable bonds is 3. The molecule has 1 aliphatic heterocycles. The van der Waals surface area contributed by atoms with Crippen molar-refractivity contribution >= 4 is 5.91 Å². The third-order valence-corrected chi connectivity index (χ3v) is 4.03. The molecule has 1 N–H and O–H groups in total. The molecule has 120 valence electrons. The molecular weight excluding hydrogens is 296 g/mol. The summed E-state index contributed by atoms with van der Waals surface area (Å²) < 4.78 is 10.6. The Morgan fingerprint density at radius 3 is 2.48 bits per heavy atom. The van der Waals surface area contributed by atoms with Gasteiger partial charge in [-0.15, -0.1) is 0 Å². The molecule has 1 aromatic carbocycles. The van der Waals surface area contributed by atoms with E-state index in [1.54, 1.807) is 25.2 Å². The van der Waals surface area contributed by atoms with E-state index in [0.717, 1.165) is 17.5 Å². The molecule has 2 aromatic rings. The first-order valence-corrected chi connectivity index (χ1v) is 7.34. The number of aromatic nitrogens is 1. The molecular formula is C17H18N2O4. The van der Waals surface area contributed by atoms with Crippen LogP contribution in [0.3, 0.4) is 0 Å². The molecule has 3 rings (SSSR count). The number of nitrogens with zero attached hydrogens (tertiary/aromatic N) is 1. The number of ether oxygens (including phenoxy) is 2. The fourth-order valence-corrected chi connectivity index (χ4v) is 2.82. The second-order valence-corrected chi connectivity index (χ2v) is 5.39. The number of hydrogen-bond acceptors (Lipinski definition) is 4. The summed E-state index contributed by atoms with van der Waals surface area (Å²) in [5.41, 5.74) is 2.31. The van der Waals surface area contributed by atoms with Crippen LogP contribution < -0.4 is 15.0 Å². The smallest absolute Gasteiger partial charge is 0.254 e. The van der Waals surface area contributed by atoms with Gasteiger partial charge in [0.05, 0.1) is 14.2 Å².